The number of nitrogens with zero attached hydrogens (tertiary/aromatic N) is 3. The predicted molar refractivity (Wildman–Crippen MR) is 182 cm³/mol. The number of carbonyl (C=O) groups is 1. The summed E-state index contributed by atoms with van der Waals surface area (Å²) in [6.45, 7) is 3.19. The van der Waals surface area contributed by atoms with Crippen LogP contribution in [0.25, 0.3) is 33.6 Å². The molecule has 1 saturated heterocycles. The Bertz CT molecular complexity index is 1750. The second-order valence-electron chi connectivity index (χ2n) is 11.7. The molecule has 1 atom stereocenters. The Hall–Kier alpha value is -3.27. The molecule has 6 rings (SSSR count). The van der Waals surface area contributed by atoms with E-state index in [2.05, 4.69) is 26.6 Å². The van der Waals surface area contributed by atoms with Crippen LogP contribution in [0.3, 0.4) is 0 Å². The molecule has 0 saturated carbocycles. The summed E-state index contributed by atoms with van der Waals surface area (Å²) < 4.78 is 18.4. The Balaban J connectivity index is 1.25. The van der Waals surface area contributed by atoms with Crippen LogP contribution in [0.15, 0.2) is 54.7 Å². The van der Waals surface area contributed by atoms with Gasteiger partial charge in [0, 0.05) is 84.2 Å². The minimum Gasteiger partial charge on any atom is -0.481 e. The van der Waals surface area contributed by atoms with Gasteiger partial charge in [-0.1, -0.05) is 59.1 Å². The topological polar surface area (TPSA) is 79.4 Å². The van der Waals surface area contributed by atoms with Gasteiger partial charge >= 0.3 is 0 Å². The lowest BCUT2D eigenvalue weighted by Gasteiger charge is -2.29. The van der Waals surface area contributed by atoms with E-state index in [0.29, 0.717) is 64.8 Å². The number of aromatic nitrogens is 2. The number of methoxy groups -OCH3 is 1. The number of hydrogen-bond acceptors (Lipinski definition) is 6. The number of amides is 1. The first kappa shape index (κ1) is 32.7. The standard InChI is InChI=1S/C35H35Cl3FN5O2/c1-46-35-22(18-40-19-24-7-9-31(45)42-24)6-8-30(43-35)27-5-2-4-25(32(27)37)26-10-13-41-34(33(26)38)23-16-21-11-15-44(14-3-12-39)20-28(21)29(36)17-23/h2,4-6,8,10,13,16-17,24,40H,3,7,9,11-12,14-15,18-20H2,1H3,(H,42,45)/t24-/m0/s1. The van der Waals surface area contributed by atoms with Crippen molar-refractivity contribution >= 4 is 40.7 Å². The minimum atomic E-state index is -0.317. The van der Waals surface area contributed by atoms with E-state index in [4.69, 9.17) is 44.5 Å². The second-order valence-corrected chi connectivity index (χ2v) is 12.8. The molecule has 2 aliphatic heterocycles. The summed E-state index contributed by atoms with van der Waals surface area (Å²) in [6.07, 6.45) is 4.48. The molecule has 1 amide bonds. The number of hydrogen-bond donors (Lipinski definition) is 2. The van der Waals surface area contributed by atoms with Gasteiger partial charge in [-0.3, -0.25) is 19.1 Å². The molecule has 11 heteroatoms. The van der Waals surface area contributed by atoms with E-state index in [1.165, 1.54) is 0 Å². The first-order valence-corrected chi connectivity index (χ1v) is 16.6. The molecule has 0 spiro atoms. The number of pyridine rings is 2. The molecule has 4 aromatic rings. The van der Waals surface area contributed by atoms with E-state index in [9.17, 15) is 9.18 Å². The van der Waals surface area contributed by atoms with E-state index in [-0.39, 0.29) is 18.6 Å². The molecule has 240 valence electrons. The summed E-state index contributed by atoms with van der Waals surface area (Å²) in [5, 5.41) is 8.00. The number of alkyl halides is 1. The number of benzene rings is 2. The van der Waals surface area contributed by atoms with Crippen molar-refractivity contribution < 1.29 is 13.9 Å². The van der Waals surface area contributed by atoms with Crippen LogP contribution in [0.2, 0.25) is 15.1 Å². The molecule has 0 aliphatic carbocycles. The van der Waals surface area contributed by atoms with Gasteiger partial charge in [-0.05, 0) is 54.7 Å². The highest BCUT2D eigenvalue weighted by Crippen LogP contribution is 2.42. The summed E-state index contributed by atoms with van der Waals surface area (Å²) in [4.78, 5) is 23.1. The van der Waals surface area contributed by atoms with Crippen molar-refractivity contribution in [3.63, 3.8) is 0 Å². The first-order chi connectivity index (χ1) is 22.4. The fraction of sp³-hybridized carbons (Fsp3) is 0.343. The van der Waals surface area contributed by atoms with E-state index < -0.39 is 0 Å². The van der Waals surface area contributed by atoms with Crippen molar-refractivity contribution in [2.24, 2.45) is 0 Å². The Morgan fingerprint density at radius 1 is 1.07 bits per heavy atom. The van der Waals surface area contributed by atoms with Crippen LogP contribution < -0.4 is 15.4 Å². The van der Waals surface area contributed by atoms with Gasteiger partial charge in [0.2, 0.25) is 11.8 Å². The van der Waals surface area contributed by atoms with Crippen molar-refractivity contribution in [3.05, 3.63) is 86.5 Å². The molecule has 2 N–H and O–H groups in total. The first-order valence-electron chi connectivity index (χ1n) is 15.4. The number of nitrogens with one attached hydrogen (secondary N) is 2. The highest BCUT2D eigenvalue weighted by molar-refractivity contribution is 6.39. The van der Waals surface area contributed by atoms with Gasteiger partial charge in [0.05, 0.1) is 35.2 Å². The van der Waals surface area contributed by atoms with Gasteiger partial charge in [-0.15, -0.1) is 0 Å². The number of fused-ring (bicyclic) bond motifs is 1. The largest absolute Gasteiger partial charge is 0.481 e. The smallest absolute Gasteiger partial charge is 0.220 e. The maximum atomic E-state index is 12.7. The van der Waals surface area contributed by atoms with Gasteiger partial charge in [0.15, 0.2) is 0 Å². The lowest BCUT2D eigenvalue weighted by atomic mass is 9.94. The van der Waals surface area contributed by atoms with Gasteiger partial charge in [0.1, 0.15) is 0 Å². The second kappa shape index (κ2) is 14.7. The molecule has 46 heavy (non-hydrogen) atoms. The van der Waals surface area contributed by atoms with Crippen LogP contribution >= 0.6 is 34.8 Å². The molecular weight excluding hydrogens is 648 g/mol. The normalized spacial score (nSPS) is 16.4. The van der Waals surface area contributed by atoms with E-state index in [1.807, 2.05) is 42.5 Å². The molecule has 7 nitrogen and oxygen atoms in total. The van der Waals surface area contributed by atoms with E-state index in [1.54, 1.807) is 13.3 Å². The molecule has 2 aromatic carbocycles. The van der Waals surface area contributed by atoms with Gasteiger partial charge < -0.3 is 15.4 Å². The average Bonchev–Trinajstić information content (AvgIpc) is 3.49. The predicted octanol–water partition coefficient (Wildman–Crippen LogP) is 7.53. The quantitative estimate of drug-likeness (QED) is 0.170. The Kier molecular flexibility index (Phi) is 10.4. The van der Waals surface area contributed by atoms with Crippen LogP contribution in [0, 0.1) is 0 Å². The number of rotatable bonds is 11. The number of ether oxygens (including phenoxy) is 1. The average molecular weight is 683 g/mol. The Morgan fingerprint density at radius 2 is 1.89 bits per heavy atom. The molecule has 0 radical (unpaired) electrons. The summed E-state index contributed by atoms with van der Waals surface area (Å²) in [6, 6.07) is 15.7. The summed E-state index contributed by atoms with van der Waals surface area (Å²) >= 11 is 20.9. The molecular formula is C35H35Cl3FN5O2. The van der Waals surface area contributed by atoms with Crippen molar-refractivity contribution in [1.82, 2.24) is 25.5 Å². The van der Waals surface area contributed by atoms with Crippen LogP contribution in [0.4, 0.5) is 4.39 Å². The molecule has 1 fully saturated rings. The summed E-state index contributed by atoms with van der Waals surface area (Å²) in [5.41, 5.74) is 7.52. The lowest BCUT2D eigenvalue weighted by molar-refractivity contribution is -0.119. The number of halogens is 4. The van der Waals surface area contributed by atoms with Crippen LogP contribution in [-0.2, 0) is 24.3 Å². The minimum absolute atomic E-state index is 0.0986. The van der Waals surface area contributed by atoms with Crippen LogP contribution in [0.1, 0.15) is 36.0 Å². The van der Waals surface area contributed by atoms with Gasteiger partial charge in [-0.25, -0.2) is 4.98 Å². The third-order valence-corrected chi connectivity index (χ3v) is 9.75. The van der Waals surface area contributed by atoms with Crippen molar-refractivity contribution in [3.8, 4) is 39.5 Å². The lowest BCUT2D eigenvalue weighted by Crippen LogP contribution is -2.35. The molecule has 0 unspecified atom stereocenters. The third kappa shape index (κ3) is 7.02. The summed E-state index contributed by atoms with van der Waals surface area (Å²) in [5.74, 6) is 0.600. The van der Waals surface area contributed by atoms with Crippen molar-refractivity contribution in [2.45, 2.75) is 44.8 Å². The zero-order valence-electron chi connectivity index (χ0n) is 25.5. The number of carbonyl (C=O) groups excluding carboxylic acids is 1. The molecule has 4 heterocycles. The van der Waals surface area contributed by atoms with Gasteiger partial charge in [0.25, 0.3) is 0 Å². The SMILES string of the molecule is COc1nc(-c2cccc(-c3ccnc(-c4cc(Cl)c5c(c4)CCN(CCCF)C5)c3Cl)c2Cl)ccc1CNC[C@@H]1CCC(=O)N1. The maximum Gasteiger partial charge on any atom is 0.220 e. The third-order valence-electron chi connectivity index (χ3n) is 8.63. The highest BCUT2D eigenvalue weighted by atomic mass is 35.5. The van der Waals surface area contributed by atoms with Gasteiger partial charge in [-0.2, -0.15) is 0 Å². The molecule has 0 bridgehead atoms. The fourth-order valence-corrected chi connectivity index (χ4v) is 7.16. The molecule has 2 aromatic heterocycles. The van der Waals surface area contributed by atoms with Crippen molar-refractivity contribution in [2.75, 3.05) is 33.4 Å². The zero-order valence-corrected chi connectivity index (χ0v) is 27.8. The highest BCUT2D eigenvalue weighted by Gasteiger charge is 2.23. The van der Waals surface area contributed by atoms with Crippen molar-refractivity contribution in [1.29, 1.82) is 0 Å². The van der Waals surface area contributed by atoms with E-state index >= 15 is 0 Å². The zero-order chi connectivity index (χ0) is 32.2. The Labute approximate surface area is 283 Å². The monoisotopic (exact) mass is 681 g/mol. The Morgan fingerprint density at radius 3 is 2.67 bits per heavy atom. The van der Waals surface area contributed by atoms with E-state index in [0.717, 1.165) is 64.9 Å². The van der Waals surface area contributed by atoms with Crippen LogP contribution in [0.5, 0.6) is 5.88 Å². The maximum absolute atomic E-state index is 12.7. The summed E-state index contributed by atoms with van der Waals surface area (Å²) in [7, 11) is 1.60. The fourth-order valence-electron chi connectivity index (χ4n) is 6.22. The molecule has 2 aliphatic rings. The van der Waals surface area contributed by atoms with Crippen LogP contribution in [-0.4, -0.2) is 60.2 Å².